The van der Waals surface area contributed by atoms with Gasteiger partial charge >= 0.3 is 0 Å². The SMILES string of the molecule is CCOc1ccc(Cc2cc([C@@H]3O[C@H](CC)[C@@H](C)[C@H](OCc4ccccc4)[C@H]3OCc3ccccc3)c(OC[C@@H]3C[C@@H]3CI)cc2Cl)cc1. The molecule has 0 amide bonds. The molecule has 2 fully saturated rings. The summed E-state index contributed by atoms with van der Waals surface area (Å²) in [7, 11) is 0. The van der Waals surface area contributed by atoms with Crippen LogP contribution in [0.4, 0.5) is 0 Å². The molecule has 5 nitrogen and oxygen atoms in total. The number of halogens is 2. The van der Waals surface area contributed by atoms with Crippen molar-refractivity contribution in [1.82, 2.24) is 0 Å². The van der Waals surface area contributed by atoms with Crippen molar-refractivity contribution in [1.29, 1.82) is 0 Å². The average Bonchev–Trinajstić information content (AvgIpc) is 3.91. The molecular weight excluding hydrogens is 747 g/mol. The zero-order valence-corrected chi connectivity index (χ0v) is 31.6. The molecule has 49 heavy (non-hydrogen) atoms. The molecule has 1 saturated carbocycles. The highest BCUT2D eigenvalue weighted by molar-refractivity contribution is 14.1. The minimum atomic E-state index is -0.420. The predicted octanol–water partition coefficient (Wildman–Crippen LogP) is 10.4. The van der Waals surface area contributed by atoms with Crippen LogP contribution in [0.3, 0.4) is 0 Å². The van der Waals surface area contributed by atoms with E-state index in [0.29, 0.717) is 49.7 Å². The summed E-state index contributed by atoms with van der Waals surface area (Å²) in [5.74, 6) is 3.02. The second-order valence-electron chi connectivity index (χ2n) is 13.3. The number of alkyl halides is 1. The highest BCUT2D eigenvalue weighted by Gasteiger charge is 2.46. The fourth-order valence-electron chi connectivity index (χ4n) is 6.85. The van der Waals surface area contributed by atoms with Crippen molar-refractivity contribution in [3.8, 4) is 11.5 Å². The first-order valence-corrected chi connectivity index (χ1v) is 19.6. The Morgan fingerprint density at radius 3 is 2.02 bits per heavy atom. The zero-order chi connectivity index (χ0) is 34.2. The molecule has 0 N–H and O–H groups in total. The van der Waals surface area contributed by atoms with E-state index in [1.807, 2.05) is 49.4 Å². The van der Waals surface area contributed by atoms with Gasteiger partial charge in [-0.15, -0.1) is 0 Å². The molecule has 7 atom stereocenters. The van der Waals surface area contributed by atoms with Crippen molar-refractivity contribution in [2.75, 3.05) is 17.6 Å². The van der Waals surface area contributed by atoms with Gasteiger partial charge in [0.25, 0.3) is 0 Å². The van der Waals surface area contributed by atoms with Gasteiger partial charge in [0.15, 0.2) is 0 Å². The van der Waals surface area contributed by atoms with E-state index >= 15 is 0 Å². The first kappa shape index (κ1) is 36.2. The lowest BCUT2D eigenvalue weighted by Gasteiger charge is -2.46. The maximum absolute atomic E-state index is 7.06. The van der Waals surface area contributed by atoms with Crippen LogP contribution in [0.25, 0.3) is 0 Å². The van der Waals surface area contributed by atoms with Crippen LogP contribution < -0.4 is 9.47 Å². The molecule has 260 valence electrons. The van der Waals surface area contributed by atoms with E-state index in [9.17, 15) is 0 Å². The quantitative estimate of drug-likeness (QED) is 0.0835. The molecule has 1 aliphatic heterocycles. The van der Waals surface area contributed by atoms with Crippen LogP contribution in [0.5, 0.6) is 11.5 Å². The summed E-state index contributed by atoms with van der Waals surface area (Å²) in [6.07, 6.45) is 1.70. The van der Waals surface area contributed by atoms with Gasteiger partial charge in [0.05, 0.1) is 38.6 Å². The largest absolute Gasteiger partial charge is 0.494 e. The minimum absolute atomic E-state index is 0.0210. The van der Waals surface area contributed by atoms with Crippen LogP contribution in [0, 0.1) is 17.8 Å². The van der Waals surface area contributed by atoms with Gasteiger partial charge < -0.3 is 23.7 Å². The molecule has 0 bridgehead atoms. The third-order valence-corrected chi connectivity index (χ3v) is 11.3. The third-order valence-electron chi connectivity index (χ3n) is 9.86. The van der Waals surface area contributed by atoms with Crippen molar-refractivity contribution in [2.24, 2.45) is 17.8 Å². The van der Waals surface area contributed by atoms with Crippen LogP contribution in [0.15, 0.2) is 97.1 Å². The summed E-state index contributed by atoms with van der Waals surface area (Å²) in [6.45, 7) is 8.66. The summed E-state index contributed by atoms with van der Waals surface area (Å²) < 4.78 is 34.3. The fraction of sp³-hybridized carbons (Fsp3) is 0.429. The fourth-order valence-corrected chi connectivity index (χ4v) is 8.14. The predicted molar refractivity (Wildman–Crippen MR) is 205 cm³/mol. The number of ether oxygens (including phenoxy) is 5. The summed E-state index contributed by atoms with van der Waals surface area (Å²) in [5.41, 5.74) is 5.38. The van der Waals surface area contributed by atoms with E-state index in [4.69, 9.17) is 35.3 Å². The van der Waals surface area contributed by atoms with Gasteiger partial charge in [-0.25, -0.2) is 0 Å². The molecule has 7 heteroatoms. The summed E-state index contributed by atoms with van der Waals surface area (Å²) in [4.78, 5) is 0. The second-order valence-corrected chi connectivity index (χ2v) is 14.6. The molecular formula is C42H48ClIO5. The van der Waals surface area contributed by atoms with Crippen molar-refractivity contribution >= 4 is 34.2 Å². The normalized spacial score (nSPS) is 24.8. The summed E-state index contributed by atoms with van der Waals surface area (Å²) in [5, 5.41) is 0.684. The van der Waals surface area contributed by atoms with Crippen LogP contribution in [0.2, 0.25) is 5.02 Å². The number of hydrogen-bond acceptors (Lipinski definition) is 5. The zero-order valence-electron chi connectivity index (χ0n) is 28.7. The Morgan fingerprint density at radius 2 is 1.43 bits per heavy atom. The van der Waals surface area contributed by atoms with Gasteiger partial charge in [-0.3, -0.25) is 0 Å². The molecule has 2 aliphatic rings. The van der Waals surface area contributed by atoms with Crippen LogP contribution in [0.1, 0.15) is 67.5 Å². The molecule has 0 unspecified atom stereocenters. The Balaban J connectivity index is 1.37. The average molecular weight is 795 g/mol. The van der Waals surface area contributed by atoms with Gasteiger partial charge in [-0.05, 0) is 84.5 Å². The van der Waals surface area contributed by atoms with E-state index in [-0.39, 0.29) is 24.2 Å². The van der Waals surface area contributed by atoms with Gasteiger partial charge in [0.2, 0.25) is 0 Å². The number of hydrogen-bond donors (Lipinski definition) is 0. The van der Waals surface area contributed by atoms with E-state index in [2.05, 4.69) is 91.0 Å². The van der Waals surface area contributed by atoms with E-state index < -0.39 is 6.10 Å². The Kier molecular flexibility index (Phi) is 13.0. The monoisotopic (exact) mass is 794 g/mol. The van der Waals surface area contributed by atoms with Gasteiger partial charge in [-0.2, -0.15) is 0 Å². The van der Waals surface area contributed by atoms with Gasteiger partial charge in [0.1, 0.15) is 23.7 Å². The lowest BCUT2D eigenvalue weighted by molar-refractivity contribution is -0.235. The Hall–Kier alpha value is -2.62. The third kappa shape index (κ3) is 9.39. The van der Waals surface area contributed by atoms with Gasteiger partial charge in [0, 0.05) is 20.9 Å². The first-order valence-electron chi connectivity index (χ1n) is 17.7. The lowest BCUT2D eigenvalue weighted by atomic mass is 9.83. The van der Waals surface area contributed by atoms with Crippen molar-refractivity contribution < 1.29 is 23.7 Å². The molecule has 0 radical (unpaired) electrons. The van der Waals surface area contributed by atoms with E-state index in [0.717, 1.165) is 50.2 Å². The topological polar surface area (TPSA) is 46.2 Å². The van der Waals surface area contributed by atoms with E-state index in [1.165, 1.54) is 6.42 Å². The van der Waals surface area contributed by atoms with Crippen molar-refractivity contribution in [3.05, 3.63) is 130 Å². The molecule has 1 heterocycles. The highest BCUT2D eigenvalue weighted by atomic mass is 127. The number of benzene rings is 4. The molecule has 1 aliphatic carbocycles. The molecule has 4 aromatic rings. The second kappa shape index (κ2) is 17.5. The summed E-state index contributed by atoms with van der Waals surface area (Å²) in [6, 6.07) is 33.1. The maximum atomic E-state index is 7.06. The Morgan fingerprint density at radius 1 is 0.776 bits per heavy atom. The Labute approximate surface area is 310 Å². The van der Waals surface area contributed by atoms with Gasteiger partial charge in [-0.1, -0.05) is 121 Å². The van der Waals surface area contributed by atoms with Crippen molar-refractivity contribution in [2.45, 2.75) is 77.7 Å². The highest BCUT2D eigenvalue weighted by Crippen LogP contribution is 2.46. The molecule has 0 aromatic heterocycles. The molecule has 0 spiro atoms. The molecule has 6 rings (SSSR count). The number of rotatable bonds is 16. The summed E-state index contributed by atoms with van der Waals surface area (Å²) >= 11 is 9.54. The van der Waals surface area contributed by atoms with Crippen molar-refractivity contribution in [3.63, 3.8) is 0 Å². The van der Waals surface area contributed by atoms with Crippen LogP contribution >= 0.6 is 34.2 Å². The Bertz CT molecular complexity index is 1600. The first-order chi connectivity index (χ1) is 24.0. The molecule has 4 aromatic carbocycles. The molecule has 1 saturated heterocycles. The lowest BCUT2D eigenvalue weighted by Crippen LogP contribution is -2.51. The minimum Gasteiger partial charge on any atom is -0.494 e. The smallest absolute Gasteiger partial charge is 0.126 e. The standard InChI is InChI=1S/C42H48ClIO5/c1-4-38-28(3)40(47-25-30-12-8-6-9-13-30)42(48-26-31-14-10-7-11-15-31)41(49-38)36-22-32(20-29-16-18-35(19-17-29)45-5-2)37(43)23-39(36)46-27-34-21-33(34)24-44/h6-19,22-23,28,33-34,38,40-42H,4-5,20-21,24-27H2,1-3H3/t28-,33-,34+,38-,40+,41+,42-/m1/s1. The maximum Gasteiger partial charge on any atom is 0.126 e. The van der Waals surface area contributed by atoms with E-state index in [1.54, 1.807) is 0 Å². The van der Waals surface area contributed by atoms with Crippen LogP contribution in [-0.2, 0) is 33.8 Å². The van der Waals surface area contributed by atoms with Crippen LogP contribution in [-0.4, -0.2) is 36.0 Å².